The van der Waals surface area contributed by atoms with Gasteiger partial charge in [-0.2, -0.15) is 0 Å². The molecule has 1 aromatic rings. The van der Waals surface area contributed by atoms with Gasteiger partial charge in [-0.3, -0.25) is 4.79 Å². The molecule has 0 N–H and O–H groups in total. The van der Waals surface area contributed by atoms with Gasteiger partial charge >= 0.3 is 0 Å². The smallest absolute Gasteiger partial charge is 0.164 e. The number of hydrogen-bond donors (Lipinski definition) is 0. The van der Waals surface area contributed by atoms with Gasteiger partial charge in [-0.05, 0) is 44.8 Å². The summed E-state index contributed by atoms with van der Waals surface area (Å²) >= 11 is 0. The minimum absolute atomic E-state index is 0. The molecule has 1 aromatic carbocycles. The minimum Gasteiger partial charge on any atom is -0.494 e. The number of unbranched alkanes of at least 4 members (excludes halogenated alkanes) is 3. The van der Waals surface area contributed by atoms with Crippen LogP contribution in [0.2, 0.25) is 0 Å². The third kappa shape index (κ3) is 8.74. The van der Waals surface area contributed by atoms with E-state index < -0.39 is 0 Å². The highest BCUT2D eigenvalue weighted by atomic mass is 35.5. The van der Waals surface area contributed by atoms with Crippen LogP contribution >= 0.6 is 12.4 Å². The predicted octanol–water partition coefficient (Wildman–Crippen LogP) is 4.20. The molecule has 0 saturated carbocycles. The van der Waals surface area contributed by atoms with Crippen LogP contribution < -0.4 is 4.74 Å². The van der Waals surface area contributed by atoms with Gasteiger partial charge in [0, 0.05) is 18.5 Å². The van der Waals surface area contributed by atoms with Gasteiger partial charge in [0.25, 0.3) is 0 Å². The van der Waals surface area contributed by atoms with Crippen LogP contribution in [-0.2, 0) is 0 Å². The summed E-state index contributed by atoms with van der Waals surface area (Å²) in [5, 5.41) is 0. The molecule has 0 radical (unpaired) electrons. The van der Waals surface area contributed by atoms with Crippen molar-refractivity contribution < 1.29 is 9.53 Å². The molecule has 3 nitrogen and oxygen atoms in total. The van der Waals surface area contributed by atoms with E-state index in [0.717, 1.165) is 30.9 Å². The molecule has 0 fully saturated rings. The highest BCUT2D eigenvalue weighted by molar-refractivity contribution is 5.96. The first-order chi connectivity index (χ1) is 9.63. The Morgan fingerprint density at radius 3 is 2.33 bits per heavy atom. The molecule has 120 valence electrons. The van der Waals surface area contributed by atoms with Gasteiger partial charge in [-0.1, -0.05) is 26.2 Å². The Labute approximate surface area is 135 Å². The van der Waals surface area contributed by atoms with E-state index in [2.05, 4.69) is 6.92 Å². The summed E-state index contributed by atoms with van der Waals surface area (Å²) in [6, 6.07) is 7.50. The highest BCUT2D eigenvalue weighted by Crippen LogP contribution is 2.14. The lowest BCUT2D eigenvalue weighted by molar-refractivity contribution is 0.0972. The summed E-state index contributed by atoms with van der Waals surface area (Å²) in [7, 11) is 3.95. The number of rotatable bonds is 10. The van der Waals surface area contributed by atoms with Crippen LogP contribution in [0.15, 0.2) is 24.3 Å². The molecule has 0 aliphatic heterocycles. The second kappa shape index (κ2) is 11.6. The van der Waals surface area contributed by atoms with Crippen molar-refractivity contribution in [2.45, 2.75) is 39.0 Å². The monoisotopic (exact) mass is 313 g/mol. The normalized spacial score (nSPS) is 10.3. The van der Waals surface area contributed by atoms with Crippen LogP contribution in [0.3, 0.4) is 0 Å². The van der Waals surface area contributed by atoms with Gasteiger partial charge < -0.3 is 9.64 Å². The first-order valence-electron chi connectivity index (χ1n) is 7.54. The van der Waals surface area contributed by atoms with E-state index in [0.29, 0.717) is 6.42 Å². The van der Waals surface area contributed by atoms with Crippen LogP contribution in [0.1, 0.15) is 49.4 Å². The van der Waals surface area contributed by atoms with E-state index in [1.807, 2.05) is 43.3 Å². The number of halogens is 1. The Kier molecular flexibility index (Phi) is 11.0. The average molecular weight is 314 g/mol. The van der Waals surface area contributed by atoms with Crippen LogP contribution in [0.25, 0.3) is 0 Å². The summed E-state index contributed by atoms with van der Waals surface area (Å²) in [5.74, 6) is 1.04. The Bertz CT molecular complexity index is 390. The Morgan fingerprint density at radius 2 is 1.76 bits per heavy atom. The molecule has 1 rings (SSSR count). The zero-order valence-electron chi connectivity index (χ0n) is 13.4. The van der Waals surface area contributed by atoms with Crippen LogP contribution in [0.4, 0.5) is 0 Å². The Balaban J connectivity index is 0.00000400. The third-order valence-corrected chi connectivity index (χ3v) is 3.23. The van der Waals surface area contributed by atoms with Crippen LogP contribution in [-0.4, -0.2) is 37.9 Å². The molecule has 0 bridgehead atoms. The molecule has 0 unspecified atom stereocenters. The Hall–Kier alpha value is -1.06. The van der Waals surface area contributed by atoms with Gasteiger partial charge in [-0.15, -0.1) is 12.4 Å². The van der Waals surface area contributed by atoms with Crippen molar-refractivity contribution in [2.24, 2.45) is 0 Å². The first-order valence-corrected chi connectivity index (χ1v) is 7.54. The molecular weight excluding hydrogens is 286 g/mol. The van der Waals surface area contributed by atoms with Gasteiger partial charge in [0.05, 0.1) is 6.61 Å². The number of ether oxygens (including phenoxy) is 1. The zero-order chi connectivity index (χ0) is 14.8. The van der Waals surface area contributed by atoms with Gasteiger partial charge in [0.1, 0.15) is 5.75 Å². The molecular formula is C17H28ClNO2. The molecule has 0 aliphatic carbocycles. The van der Waals surface area contributed by atoms with E-state index in [4.69, 9.17) is 4.74 Å². The van der Waals surface area contributed by atoms with Crippen LogP contribution in [0, 0.1) is 0 Å². The molecule has 0 aromatic heterocycles. The fourth-order valence-corrected chi connectivity index (χ4v) is 1.93. The lowest BCUT2D eigenvalue weighted by atomic mass is 10.1. The molecule has 0 atom stereocenters. The van der Waals surface area contributed by atoms with Gasteiger partial charge in [-0.25, -0.2) is 0 Å². The fourth-order valence-electron chi connectivity index (χ4n) is 1.93. The topological polar surface area (TPSA) is 29.5 Å². The molecule has 0 saturated heterocycles. The number of benzene rings is 1. The summed E-state index contributed by atoms with van der Waals surface area (Å²) in [6.45, 7) is 3.75. The quantitative estimate of drug-likeness (QED) is 0.479. The second-order valence-electron chi connectivity index (χ2n) is 5.41. The van der Waals surface area contributed by atoms with E-state index in [1.54, 1.807) is 0 Å². The summed E-state index contributed by atoms with van der Waals surface area (Å²) in [6.07, 6.45) is 5.38. The summed E-state index contributed by atoms with van der Waals surface area (Å²) in [5.41, 5.74) is 0.769. The van der Waals surface area contributed by atoms with Crippen molar-refractivity contribution in [3.8, 4) is 5.75 Å². The van der Waals surface area contributed by atoms with Gasteiger partial charge in [0.15, 0.2) is 5.78 Å². The second-order valence-corrected chi connectivity index (χ2v) is 5.41. The maximum atomic E-state index is 11.9. The van der Waals surface area contributed by atoms with E-state index in [9.17, 15) is 4.79 Å². The highest BCUT2D eigenvalue weighted by Gasteiger charge is 2.06. The van der Waals surface area contributed by atoms with Crippen molar-refractivity contribution in [1.82, 2.24) is 4.90 Å². The van der Waals surface area contributed by atoms with Gasteiger partial charge in [0.2, 0.25) is 0 Å². The lowest BCUT2D eigenvalue weighted by Crippen LogP contribution is -2.16. The zero-order valence-corrected chi connectivity index (χ0v) is 14.2. The molecule has 0 aliphatic rings. The van der Waals surface area contributed by atoms with E-state index in [1.165, 1.54) is 19.3 Å². The third-order valence-electron chi connectivity index (χ3n) is 3.23. The number of hydrogen-bond acceptors (Lipinski definition) is 3. The fraction of sp³-hybridized carbons (Fsp3) is 0.588. The standard InChI is InChI=1S/C17H27NO2.ClH/c1-4-5-6-7-14-20-16-10-8-15(9-11-16)17(19)12-13-18(2)3;/h8-11H,4-7,12-14H2,1-3H3;1H. The average Bonchev–Trinajstić information content (AvgIpc) is 2.45. The summed E-state index contributed by atoms with van der Waals surface area (Å²) in [4.78, 5) is 13.9. The van der Waals surface area contributed by atoms with Crippen molar-refractivity contribution in [3.63, 3.8) is 0 Å². The lowest BCUT2D eigenvalue weighted by Gasteiger charge is -2.09. The number of carbonyl (C=O) groups excluding carboxylic acids is 1. The predicted molar refractivity (Wildman–Crippen MR) is 90.8 cm³/mol. The maximum absolute atomic E-state index is 11.9. The minimum atomic E-state index is 0. The van der Waals surface area contributed by atoms with Crippen molar-refractivity contribution >= 4 is 18.2 Å². The van der Waals surface area contributed by atoms with E-state index in [-0.39, 0.29) is 18.2 Å². The number of ketones is 1. The molecule has 0 amide bonds. The number of carbonyl (C=O) groups is 1. The molecule has 21 heavy (non-hydrogen) atoms. The number of nitrogens with zero attached hydrogens (tertiary/aromatic N) is 1. The molecule has 4 heteroatoms. The first kappa shape index (κ1) is 19.9. The molecule has 0 spiro atoms. The Morgan fingerprint density at radius 1 is 1.10 bits per heavy atom. The number of Topliss-reactive ketones (excluding diaryl/α,β-unsaturated/α-hetero) is 1. The van der Waals surface area contributed by atoms with Crippen molar-refractivity contribution in [3.05, 3.63) is 29.8 Å². The van der Waals surface area contributed by atoms with E-state index >= 15 is 0 Å². The SMILES string of the molecule is CCCCCCOc1ccc(C(=O)CCN(C)C)cc1.Cl. The molecule has 0 heterocycles. The van der Waals surface area contributed by atoms with Crippen molar-refractivity contribution in [1.29, 1.82) is 0 Å². The largest absolute Gasteiger partial charge is 0.494 e. The van der Waals surface area contributed by atoms with Crippen molar-refractivity contribution in [2.75, 3.05) is 27.2 Å². The maximum Gasteiger partial charge on any atom is 0.164 e. The summed E-state index contributed by atoms with van der Waals surface area (Å²) < 4.78 is 5.67. The van der Waals surface area contributed by atoms with Crippen LogP contribution in [0.5, 0.6) is 5.75 Å².